The van der Waals surface area contributed by atoms with Gasteiger partial charge < -0.3 is 9.84 Å². The summed E-state index contributed by atoms with van der Waals surface area (Å²) in [5.41, 5.74) is 0.462. The van der Waals surface area contributed by atoms with Crippen LogP contribution in [0.1, 0.15) is 78.6 Å². The first-order chi connectivity index (χ1) is 12.3. The molecule has 146 valence electrons. The number of carboxylic acid groups (broad SMARTS) is 1. The zero-order valence-electron chi connectivity index (χ0n) is 16.5. The van der Waals surface area contributed by atoms with Crippen LogP contribution in [0.25, 0.3) is 0 Å². The predicted molar refractivity (Wildman–Crippen MR) is 98.4 cm³/mol. The van der Waals surface area contributed by atoms with E-state index < -0.39 is 5.97 Å². The van der Waals surface area contributed by atoms with E-state index >= 15 is 0 Å². The molecule has 4 rings (SSSR count). The second-order valence-corrected chi connectivity index (χ2v) is 10.2. The number of esters is 1. The third-order valence-electron chi connectivity index (χ3n) is 9.24. The molecule has 4 aliphatic carbocycles. The van der Waals surface area contributed by atoms with E-state index in [1.54, 1.807) is 0 Å². The number of fused-ring (bicyclic) bond motifs is 5. The molecule has 0 radical (unpaired) electrons. The SMILES string of the molecule is CC(=O)OC1CC[C@H]2[C@@H]3CCC4CC(C(=O)O)CC[C@]4(C)[C@@H]3CC[C@]12C. The molecule has 4 saturated carbocycles. The lowest BCUT2D eigenvalue weighted by atomic mass is 9.44. The second kappa shape index (κ2) is 6.24. The first kappa shape index (κ1) is 18.3. The first-order valence-corrected chi connectivity index (χ1v) is 10.7. The highest BCUT2D eigenvalue weighted by Gasteiger charge is 2.61. The van der Waals surface area contributed by atoms with Crippen LogP contribution in [0.5, 0.6) is 0 Å². The van der Waals surface area contributed by atoms with Crippen molar-refractivity contribution in [2.75, 3.05) is 0 Å². The van der Waals surface area contributed by atoms with Gasteiger partial charge in [0.05, 0.1) is 5.92 Å². The highest BCUT2D eigenvalue weighted by molar-refractivity contribution is 5.70. The monoisotopic (exact) mass is 362 g/mol. The third kappa shape index (κ3) is 2.62. The molecule has 4 fully saturated rings. The van der Waals surface area contributed by atoms with E-state index in [1.807, 2.05) is 0 Å². The Kier molecular flexibility index (Phi) is 4.39. The lowest BCUT2D eigenvalue weighted by molar-refractivity contribution is -0.165. The van der Waals surface area contributed by atoms with E-state index in [9.17, 15) is 14.7 Å². The fraction of sp³-hybridized carbons (Fsp3) is 0.909. The molecule has 0 amide bonds. The number of rotatable bonds is 2. The van der Waals surface area contributed by atoms with Crippen molar-refractivity contribution < 1.29 is 19.4 Å². The largest absolute Gasteiger partial charge is 0.481 e. The molecular formula is C22H34O4. The molecule has 8 atom stereocenters. The van der Waals surface area contributed by atoms with Crippen LogP contribution in [-0.4, -0.2) is 23.1 Å². The van der Waals surface area contributed by atoms with Gasteiger partial charge in [-0.2, -0.15) is 0 Å². The number of ether oxygens (including phenoxy) is 1. The molecule has 0 aromatic rings. The molecule has 1 N–H and O–H groups in total. The van der Waals surface area contributed by atoms with Gasteiger partial charge in [0.25, 0.3) is 0 Å². The van der Waals surface area contributed by atoms with Gasteiger partial charge in [-0.05, 0) is 86.9 Å². The number of hydrogen-bond acceptors (Lipinski definition) is 3. The third-order valence-corrected chi connectivity index (χ3v) is 9.24. The summed E-state index contributed by atoms with van der Waals surface area (Å²) in [4.78, 5) is 23.0. The van der Waals surface area contributed by atoms with Crippen molar-refractivity contribution in [3.63, 3.8) is 0 Å². The smallest absolute Gasteiger partial charge is 0.306 e. The Morgan fingerprint density at radius 1 is 0.923 bits per heavy atom. The van der Waals surface area contributed by atoms with E-state index in [1.165, 1.54) is 32.6 Å². The maximum absolute atomic E-state index is 11.6. The molecule has 0 bridgehead atoms. The lowest BCUT2D eigenvalue weighted by Crippen LogP contribution is -2.54. The van der Waals surface area contributed by atoms with Crippen LogP contribution in [0.2, 0.25) is 0 Å². The van der Waals surface area contributed by atoms with Crippen molar-refractivity contribution in [2.45, 2.75) is 84.7 Å². The van der Waals surface area contributed by atoms with Crippen molar-refractivity contribution >= 4 is 11.9 Å². The fourth-order valence-corrected chi connectivity index (χ4v) is 7.83. The van der Waals surface area contributed by atoms with Gasteiger partial charge in [-0.15, -0.1) is 0 Å². The van der Waals surface area contributed by atoms with Crippen molar-refractivity contribution in [3.05, 3.63) is 0 Å². The zero-order chi connectivity index (χ0) is 18.7. The van der Waals surface area contributed by atoms with E-state index in [0.29, 0.717) is 17.3 Å². The highest BCUT2D eigenvalue weighted by atomic mass is 16.5. The molecule has 0 aromatic carbocycles. The summed E-state index contributed by atoms with van der Waals surface area (Å²) in [6.07, 6.45) is 9.92. The Labute approximate surface area is 157 Å². The fourth-order valence-electron chi connectivity index (χ4n) is 7.83. The molecule has 0 saturated heterocycles. The number of carbonyl (C=O) groups is 2. The normalized spacial score (nSPS) is 50.3. The lowest BCUT2D eigenvalue weighted by Gasteiger charge is -2.60. The van der Waals surface area contributed by atoms with Crippen LogP contribution < -0.4 is 0 Å². The zero-order valence-corrected chi connectivity index (χ0v) is 16.5. The van der Waals surface area contributed by atoms with Crippen LogP contribution >= 0.6 is 0 Å². The standard InChI is InChI=1S/C22H34O4/c1-13(23)26-19-7-6-17-16-5-4-15-12-14(20(24)25)8-10-21(15,2)18(16)9-11-22(17,19)3/h14-19H,4-12H2,1-3H3,(H,24,25)/t14?,15?,16-,17-,18+,19?,21-,22-/m0/s1. The van der Waals surface area contributed by atoms with Crippen LogP contribution in [0.3, 0.4) is 0 Å². The van der Waals surface area contributed by atoms with E-state index in [4.69, 9.17) is 4.74 Å². The number of carboxylic acids is 1. The quantitative estimate of drug-likeness (QED) is 0.726. The van der Waals surface area contributed by atoms with Gasteiger partial charge >= 0.3 is 11.9 Å². The molecule has 4 heteroatoms. The van der Waals surface area contributed by atoms with Gasteiger partial charge in [0, 0.05) is 12.3 Å². The Morgan fingerprint density at radius 2 is 1.62 bits per heavy atom. The van der Waals surface area contributed by atoms with Crippen molar-refractivity contribution in [1.82, 2.24) is 0 Å². The van der Waals surface area contributed by atoms with Crippen LogP contribution in [0.4, 0.5) is 0 Å². The first-order valence-electron chi connectivity index (χ1n) is 10.7. The maximum Gasteiger partial charge on any atom is 0.306 e. The maximum atomic E-state index is 11.6. The van der Waals surface area contributed by atoms with Crippen molar-refractivity contribution in [1.29, 1.82) is 0 Å². The molecule has 4 aliphatic rings. The summed E-state index contributed by atoms with van der Waals surface area (Å²) >= 11 is 0. The summed E-state index contributed by atoms with van der Waals surface area (Å²) < 4.78 is 5.73. The Bertz CT molecular complexity index is 601. The average Bonchev–Trinajstić information content (AvgIpc) is 2.90. The van der Waals surface area contributed by atoms with Crippen LogP contribution in [-0.2, 0) is 14.3 Å². The topological polar surface area (TPSA) is 63.6 Å². The number of aliphatic carboxylic acids is 1. The van der Waals surface area contributed by atoms with Crippen LogP contribution in [0.15, 0.2) is 0 Å². The molecular weight excluding hydrogens is 328 g/mol. The molecule has 0 aromatic heterocycles. The predicted octanol–water partition coefficient (Wildman–Crippen LogP) is 4.66. The second-order valence-electron chi connectivity index (χ2n) is 10.2. The van der Waals surface area contributed by atoms with Gasteiger partial charge in [0.2, 0.25) is 0 Å². The summed E-state index contributed by atoms with van der Waals surface area (Å²) in [6.45, 7) is 6.37. The molecule has 0 aliphatic heterocycles. The van der Waals surface area contributed by atoms with Gasteiger partial charge in [-0.25, -0.2) is 0 Å². The molecule has 4 nitrogen and oxygen atoms in total. The average molecular weight is 363 g/mol. The highest BCUT2D eigenvalue weighted by Crippen LogP contribution is 2.66. The van der Waals surface area contributed by atoms with Gasteiger partial charge in [-0.3, -0.25) is 9.59 Å². The summed E-state index contributed by atoms with van der Waals surface area (Å²) in [6, 6.07) is 0. The minimum absolute atomic E-state index is 0.0965. The van der Waals surface area contributed by atoms with Gasteiger partial charge in [0.15, 0.2) is 0 Å². The Morgan fingerprint density at radius 3 is 2.31 bits per heavy atom. The number of hydrogen-bond donors (Lipinski definition) is 1. The molecule has 3 unspecified atom stereocenters. The summed E-state index contributed by atoms with van der Waals surface area (Å²) in [5, 5.41) is 9.46. The minimum Gasteiger partial charge on any atom is -0.481 e. The van der Waals surface area contributed by atoms with Crippen molar-refractivity contribution in [2.24, 2.45) is 40.4 Å². The minimum atomic E-state index is -0.592. The number of carbonyl (C=O) groups excluding carboxylic acids is 1. The molecule has 0 heterocycles. The van der Waals surface area contributed by atoms with E-state index in [2.05, 4.69) is 13.8 Å². The van der Waals surface area contributed by atoms with Gasteiger partial charge in [0.1, 0.15) is 6.10 Å². The van der Waals surface area contributed by atoms with Gasteiger partial charge in [-0.1, -0.05) is 13.8 Å². The molecule has 0 spiro atoms. The Hall–Kier alpha value is -1.06. The summed E-state index contributed by atoms with van der Waals surface area (Å²) in [7, 11) is 0. The van der Waals surface area contributed by atoms with E-state index in [0.717, 1.165) is 43.9 Å². The Balaban J connectivity index is 1.55. The summed E-state index contributed by atoms with van der Waals surface area (Å²) in [5.74, 6) is 1.85. The van der Waals surface area contributed by atoms with E-state index in [-0.39, 0.29) is 23.4 Å². The van der Waals surface area contributed by atoms with Crippen LogP contribution in [0, 0.1) is 40.4 Å². The van der Waals surface area contributed by atoms with Crippen molar-refractivity contribution in [3.8, 4) is 0 Å². The molecule has 26 heavy (non-hydrogen) atoms.